The zero-order valence-corrected chi connectivity index (χ0v) is 10.6. The fraction of sp³-hybridized carbons (Fsp3) is 0.929. The maximum Gasteiger partial charge on any atom is 0.0860 e. The second-order valence-corrected chi connectivity index (χ2v) is 6.63. The minimum Gasteiger partial charge on any atom is -0.388 e. The van der Waals surface area contributed by atoms with E-state index in [4.69, 9.17) is 0 Å². The molecule has 2 rings (SSSR count). The monoisotopic (exact) mass is 221 g/mol. The van der Waals surface area contributed by atoms with E-state index in [-0.39, 0.29) is 5.41 Å². The van der Waals surface area contributed by atoms with Crippen molar-refractivity contribution < 1.29 is 5.11 Å². The van der Waals surface area contributed by atoms with Gasteiger partial charge in [0.2, 0.25) is 0 Å². The van der Waals surface area contributed by atoms with Gasteiger partial charge in [0.25, 0.3) is 0 Å². The number of nitriles is 1. The highest BCUT2D eigenvalue weighted by Gasteiger charge is 2.56. The maximum absolute atomic E-state index is 10.9. The topological polar surface area (TPSA) is 44.0 Å². The minimum absolute atomic E-state index is 0.204. The lowest BCUT2D eigenvalue weighted by Gasteiger charge is -2.43. The van der Waals surface area contributed by atoms with Crippen LogP contribution >= 0.6 is 0 Å². The van der Waals surface area contributed by atoms with Gasteiger partial charge in [0.15, 0.2) is 0 Å². The molecule has 2 fully saturated rings. The minimum atomic E-state index is -0.717. The van der Waals surface area contributed by atoms with Gasteiger partial charge in [-0.15, -0.1) is 0 Å². The van der Waals surface area contributed by atoms with Gasteiger partial charge < -0.3 is 5.11 Å². The summed E-state index contributed by atoms with van der Waals surface area (Å²) in [7, 11) is 0. The van der Waals surface area contributed by atoms with Crippen LogP contribution in [0.3, 0.4) is 0 Å². The van der Waals surface area contributed by atoms with E-state index in [1.807, 2.05) is 0 Å². The van der Waals surface area contributed by atoms with Crippen molar-refractivity contribution in [3.05, 3.63) is 0 Å². The van der Waals surface area contributed by atoms with Gasteiger partial charge in [0, 0.05) is 0 Å². The van der Waals surface area contributed by atoms with Crippen molar-refractivity contribution in [2.75, 3.05) is 0 Å². The Kier molecular flexibility index (Phi) is 2.78. The molecule has 0 aromatic carbocycles. The van der Waals surface area contributed by atoms with E-state index in [9.17, 15) is 10.4 Å². The second-order valence-electron chi connectivity index (χ2n) is 6.63. The smallest absolute Gasteiger partial charge is 0.0860 e. The number of nitrogens with zero attached hydrogens (tertiary/aromatic N) is 1. The first-order valence-electron chi connectivity index (χ1n) is 6.57. The zero-order chi connectivity index (χ0) is 11.9. The second kappa shape index (κ2) is 3.74. The molecule has 0 bridgehead atoms. The third-order valence-electron chi connectivity index (χ3n) is 4.80. The lowest BCUT2D eigenvalue weighted by molar-refractivity contribution is -0.0731. The Morgan fingerprint density at radius 2 is 1.62 bits per heavy atom. The lowest BCUT2D eigenvalue weighted by atomic mass is 9.62. The third kappa shape index (κ3) is 1.76. The summed E-state index contributed by atoms with van der Waals surface area (Å²) in [5.74, 6) is 0. The number of rotatable bonds is 1. The van der Waals surface area contributed by atoms with Gasteiger partial charge in [-0.1, -0.05) is 33.1 Å². The molecule has 2 aliphatic carbocycles. The number of aliphatic hydroxyl groups is 1. The van der Waals surface area contributed by atoms with Gasteiger partial charge in [-0.3, -0.25) is 0 Å². The van der Waals surface area contributed by atoms with Gasteiger partial charge in [0.1, 0.15) is 0 Å². The van der Waals surface area contributed by atoms with Crippen LogP contribution in [0.15, 0.2) is 0 Å². The van der Waals surface area contributed by atoms with Crippen LogP contribution in [-0.2, 0) is 0 Å². The summed E-state index contributed by atoms with van der Waals surface area (Å²) in [6.07, 6.45) is 7.90. The van der Waals surface area contributed by atoms with Gasteiger partial charge >= 0.3 is 0 Å². The third-order valence-corrected chi connectivity index (χ3v) is 4.80. The molecule has 2 heteroatoms. The Balaban J connectivity index is 2.25. The molecule has 16 heavy (non-hydrogen) atoms. The molecule has 2 aliphatic rings. The summed E-state index contributed by atoms with van der Waals surface area (Å²) in [6.45, 7) is 4.41. The molecule has 90 valence electrons. The summed E-state index contributed by atoms with van der Waals surface area (Å²) in [6, 6.07) is 2.49. The Bertz CT molecular complexity index is 309. The van der Waals surface area contributed by atoms with Crippen molar-refractivity contribution in [2.45, 2.75) is 70.8 Å². The van der Waals surface area contributed by atoms with Crippen molar-refractivity contribution >= 4 is 0 Å². The molecule has 0 heterocycles. The molecular weight excluding hydrogens is 198 g/mol. The Morgan fingerprint density at radius 3 is 2.06 bits per heavy atom. The fourth-order valence-electron chi connectivity index (χ4n) is 3.76. The molecule has 0 aromatic heterocycles. The van der Waals surface area contributed by atoms with E-state index in [1.165, 1.54) is 6.42 Å². The predicted molar refractivity (Wildman–Crippen MR) is 63.7 cm³/mol. The molecular formula is C14H23NO. The molecule has 1 atom stereocenters. The summed E-state index contributed by atoms with van der Waals surface area (Å²) < 4.78 is 0. The highest BCUT2D eigenvalue weighted by atomic mass is 16.3. The summed E-state index contributed by atoms with van der Waals surface area (Å²) in [5.41, 5.74) is -0.958. The van der Waals surface area contributed by atoms with Gasteiger partial charge in [-0.2, -0.15) is 5.26 Å². The van der Waals surface area contributed by atoms with Gasteiger partial charge in [-0.05, 0) is 37.5 Å². The van der Waals surface area contributed by atoms with Crippen molar-refractivity contribution in [1.29, 1.82) is 5.26 Å². The van der Waals surface area contributed by atoms with E-state index < -0.39 is 11.0 Å². The van der Waals surface area contributed by atoms with E-state index in [0.717, 1.165) is 44.9 Å². The predicted octanol–water partition coefficient (Wildman–Crippen LogP) is 3.40. The maximum atomic E-state index is 10.9. The molecule has 0 saturated heterocycles. The molecule has 1 unspecified atom stereocenters. The van der Waals surface area contributed by atoms with E-state index in [2.05, 4.69) is 19.9 Å². The van der Waals surface area contributed by atoms with Crippen LogP contribution in [0.2, 0.25) is 0 Å². The highest BCUT2D eigenvalue weighted by Crippen LogP contribution is 2.56. The molecule has 0 aromatic rings. The van der Waals surface area contributed by atoms with Crippen molar-refractivity contribution in [3.63, 3.8) is 0 Å². The molecule has 2 nitrogen and oxygen atoms in total. The Labute approximate surface area is 98.7 Å². The van der Waals surface area contributed by atoms with Crippen LogP contribution in [0.4, 0.5) is 0 Å². The largest absolute Gasteiger partial charge is 0.388 e. The molecule has 0 amide bonds. The highest BCUT2D eigenvalue weighted by molar-refractivity contribution is 5.15. The standard InChI is InChI=1S/C14H23NO/c1-12(2)8-9-14(16,10-12)13(11-15)6-4-3-5-7-13/h16H,3-10H2,1-2H3. The van der Waals surface area contributed by atoms with E-state index >= 15 is 0 Å². The normalized spacial score (nSPS) is 36.9. The fourth-order valence-corrected chi connectivity index (χ4v) is 3.76. The van der Waals surface area contributed by atoms with Gasteiger partial charge in [-0.25, -0.2) is 0 Å². The van der Waals surface area contributed by atoms with Crippen LogP contribution in [0, 0.1) is 22.2 Å². The summed E-state index contributed by atoms with van der Waals surface area (Å²) in [5, 5.41) is 20.4. The first-order chi connectivity index (χ1) is 7.43. The Morgan fingerprint density at radius 1 is 1.00 bits per heavy atom. The van der Waals surface area contributed by atoms with Crippen molar-refractivity contribution in [3.8, 4) is 6.07 Å². The molecule has 0 aliphatic heterocycles. The van der Waals surface area contributed by atoms with Crippen LogP contribution in [0.5, 0.6) is 0 Å². The van der Waals surface area contributed by atoms with Crippen LogP contribution < -0.4 is 0 Å². The quantitative estimate of drug-likeness (QED) is 0.737. The summed E-state index contributed by atoms with van der Waals surface area (Å²) >= 11 is 0. The van der Waals surface area contributed by atoms with E-state index in [0.29, 0.717) is 0 Å². The van der Waals surface area contributed by atoms with Crippen molar-refractivity contribution in [1.82, 2.24) is 0 Å². The first kappa shape index (κ1) is 11.9. The number of hydrogen-bond donors (Lipinski definition) is 1. The van der Waals surface area contributed by atoms with Crippen LogP contribution in [0.1, 0.15) is 65.2 Å². The van der Waals surface area contributed by atoms with Crippen molar-refractivity contribution in [2.24, 2.45) is 10.8 Å². The Hall–Kier alpha value is -0.550. The molecule has 0 spiro atoms. The van der Waals surface area contributed by atoms with Gasteiger partial charge in [0.05, 0.1) is 17.1 Å². The SMILES string of the molecule is CC1(C)CCC(O)(C2(C#N)CCCCC2)C1. The average Bonchev–Trinajstić information content (AvgIpc) is 2.55. The molecule has 2 saturated carbocycles. The zero-order valence-electron chi connectivity index (χ0n) is 10.6. The molecule has 1 N–H and O–H groups in total. The lowest BCUT2D eigenvalue weighted by Crippen LogP contribution is -2.47. The van der Waals surface area contributed by atoms with Crippen LogP contribution in [-0.4, -0.2) is 10.7 Å². The number of hydrogen-bond acceptors (Lipinski definition) is 2. The first-order valence-corrected chi connectivity index (χ1v) is 6.57. The van der Waals surface area contributed by atoms with E-state index in [1.54, 1.807) is 0 Å². The average molecular weight is 221 g/mol. The van der Waals surface area contributed by atoms with Crippen LogP contribution in [0.25, 0.3) is 0 Å². The molecule has 0 radical (unpaired) electrons. The summed E-state index contributed by atoms with van der Waals surface area (Å²) in [4.78, 5) is 0.